The summed E-state index contributed by atoms with van der Waals surface area (Å²) in [5.74, 6) is 0. The van der Waals surface area contributed by atoms with Crippen LogP contribution in [0, 0.1) is 6.92 Å². The van der Waals surface area contributed by atoms with Crippen LogP contribution in [0.5, 0.6) is 0 Å². The third-order valence-electron chi connectivity index (χ3n) is 1.35. The SMILES string of the molecule is [CH2]CC(N)CCOCCC. The van der Waals surface area contributed by atoms with Gasteiger partial charge in [0.1, 0.15) is 0 Å². The molecule has 0 spiro atoms. The molecule has 61 valence electrons. The quantitative estimate of drug-likeness (QED) is 0.571. The maximum atomic E-state index is 5.61. The van der Waals surface area contributed by atoms with E-state index in [2.05, 4.69) is 13.8 Å². The lowest BCUT2D eigenvalue weighted by Gasteiger charge is -2.07. The smallest absolute Gasteiger partial charge is 0.0480 e. The van der Waals surface area contributed by atoms with Crippen molar-refractivity contribution in [1.82, 2.24) is 0 Å². The average Bonchev–Trinajstić information content (AvgIpc) is 1.98. The van der Waals surface area contributed by atoms with E-state index >= 15 is 0 Å². The van der Waals surface area contributed by atoms with Crippen LogP contribution in [0.2, 0.25) is 0 Å². The minimum atomic E-state index is 0.219. The summed E-state index contributed by atoms with van der Waals surface area (Å²) < 4.78 is 5.25. The molecule has 0 heterocycles. The van der Waals surface area contributed by atoms with Crippen LogP contribution in [0.4, 0.5) is 0 Å². The van der Waals surface area contributed by atoms with E-state index in [1.165, 1.54) is 0 Å². The fourth-order valence-electron chi connectivity index (χ4n) is 0.625. The summed E-state index contributed by atoms with van der Waals surface area (Å²) in [5.41, 5.74) is 5.61. The Morgan fingerprint density at radius 2 is 2.20 bits per heavy atom. The monoisotopic (exact) mass is 144 g/mol. The number of nitrogens with two attached hydrogens (primary N) is 1. The zero-order valence-corrected chi connectivity index (χ0v) is 6.81. The van der Waals surface area contributed by atoms with Crippen molar-refractivity contribution in [1.29, 1.82) is 0 Å². The molecule has 1 atom stereocenters. The number of rotatable bonds is 6. The third-order valence-corrected chi connectivity index (χ3v) is 1.35. The summed E-state index contributed by atoms with van der Waals surface area (Å²) in [6, 6.07) is 0.219. The number of hydrogen-bond donors (Lipinski definition) is 1. The molecule has 1 radical (unpaired) electrons. The second-order valence-electron chi connectivity index (χ2n) is 2.45. The first-order chi connectivity index (χ1) is 4.81. The van der Waals surface area contributed by atoms with E-state index in [1.807, 2.05) is 0 Å². The van der Waals surface area contributed by atoms with Crippen LogP contribution in [0.15, 0.2) is 0 Å². The van der Waals surface area contributed by atoms with Crippen molar-refractivity contribution < 1.29 is 4.74 Å². The number of hydrogen-bond acceptors (Lipinski definition) is 2. The van der Waals surface area contributed by atoms with Crippen molar-refractivity contribution >= 4 is 0 Å². The Morgan fingerprint density at radius 1 is 1.50 bits per heavy atom. The molecule has 0 rings (SSSR count). The predicted molar refractivity (Wildman–Crippen MR) is 43.7 cm³/mol. The molecule has 0 saturated heterocycles. The van der Waals surface area contributed by atoms with E-state index in [1.54, 1.807) is 0 Å². The Labute approximate surface area is 63.7 Å². The fourth-order valence-corrected chi connectivity index (χ4v) is 0.625. The van der Waals surface area contributed by atoms with Crippen molar-refractivity contribution in [3.63, 3.8) is 0 Å². The molecule has 0 fully saturated rings. The molecule has 10 heavy (non-hydrogen) atoms. The topological polar surface area (TPSA) is 35.2 Å². The van der Waals surface area contributed by atoms with Gasteiger partial charge in [0.2, 0.25) is 0 Å². The normalized spacial score (nSPS) is 13.5. The minimum absolute atomic E-state index is 0.219. The van der Waals surface area contributed by atoms with E-state index < -0.39 is 0 Å². The average molecular weight is 144 g/mol. The van der Waals surface area contributed by atoms with Gasteiger partial charge in [0.05, 0.1) is 0 Å². The third kappa shape index (κ3) is 6.05. The summed E-state index contributed by atoms with van der Waals surface area (Å²) in [6.45, 7) is 7.44. The molecule has 2 heteroatoms. The molecule has 0 aliphatic carbocycles. The molecule has 2 nitrogen and oxygen atoms in total. The summed E-state index contributed by atoms with van der Waals surface area (Å²) in [7, 11) is 0. The molecular formula is C8H18NO. The maximum Gasteiger partial charge on any atom is 0.0480 e. The van der Waals surface area contributed by atoms with E-state index in [0.29, 0.717) is 0 Å². The molecule has 0 aliphatic heterocycles. The Kier molecular flexibility index (Phi) is 6.98. The minimum Gasteiger partial charge on any atom is -0.381 e. The molecule has 0 aromatic rings. The van der Waals surface area contributed by atoms with E-state index in [4.69, 9.17) is 10.5 Å². The van der Waals surface area contributed by atoms with Gasteiger partial charge in [0.25, 0.3) is 0 Å². The van der Waals surface area contributed by atoms with Crippen molar-refractivity contribution in [3.05, 3.63) is 6.92 Å². The second-order valence-corrected chi connectivity index (χ2v) is 2.45. The molecule has 0 aromatic heterocycles. The largest absolute Gasteiger partial charge is 0.381 e. The van der Waals surface area contributed by atoms with E-state index in [-0.39, 0.29) is 6.04 Å². The Morgan fingerprint density at radius 3 is 2.70 bits per heavy atom. The summed E-state index contributed by atoms with van der Waals surface area (Å²) in [5, 5.41) is 0. The van der Waals surface area contributed by atoms with Crippen LogP contribution in [0.1, 0.15) is 26.2 Å². The van der Waals surface area contributed by atoms with Gasteiger partial charge in [-0.2, -0.15) is 0 Å². The van der Waals surface area contributed by atoms with Crippen molar-refractivity contribution in [2.75, 3.05) is 13.2 Å². The zero-order chi connectivity index (χ0) is 7.82. The van der Waals surface area contributed by atoms with E-state index in [0.717, 1.165) is 32.5 Å². The lowest BCUT2D eigenvalue weighted by Crippen LogP contribution is -2.20. The first-order valence-corrected chi connectivity index (χ1v) is 3.93. The highest BCUT2D eigenvalue weighted by molar-refractivity contribution is 4.60. The predicted octanol–water partition coefficient (Wildman–Crippen LogP) is 1.35. The molecule has 0 saturated carbocycles. The summed E-state index contributed by atoms with van der Waals surface area (Å²) in [6.07, 6.45) is 2.82. The highest BCUT2D eigenvalue weighted by Gasteiger charge is 1.96. The van der Waals surface area contributed by atoms with Crippen LogP contribution in [0.3, 0.4) is 0 Å². The van der Waals surface area contributed by atoms with E-state index in [9.17, 15) is 0 Å². The van der Waals surface area contributed by atoms with Crippen LogP contribution in [0.25, 0.3) is 0 Å². The van der Waals surface area contributed by atoms with Gasteiger partial charge in [-0.3, -0.25) is 0 Å². The first kappa shape index (κ1) is 9.92. The standard InChI is InChI=1S/C8H18NO/c1-3-6-10-7-5-8(9)4-2/h8H,2-7,9H2,1H3. The highest BCUT2D eigenvalue weighted by Crippen LogP contribution is 1.93. The van der Waals surface area contributed by atoms with Crippen LogP contribution >= 0.6 is 0 Å². The maximum absolute atomic E-state index is 5.61. The zero-order valence-electron chi connectivity index (χ0n) is 6.81. The van der Waals surface area contributed by atoms with Gasteiger partial charge >= 0.3 is 0 Å². The highest BCUT2D eigenvalue weighted by atomic mass is 16.5. The number of ether oxygens (including phenoxy) is 1. The molecule has 0 amide bonds. The Balaban J connectivity index is 2.89. The summed E-state index contributed by atoms with van der Waals surface area (Å²) in [4.78, 5) is 0. The lowest BCUT2D eigenvalue weighted by molar-refractivity contribution is 0.128. The van der Waals surface area contributed by atoms with Gasteiger partial charge in [-0.25, -0.2) is 0 Å². The van der Waals surface area contributed by atoms with Crippen molar-refractivity contribution in [2.45, 2.75) is 32.2 Å². The second kappa shape index (κ2) is 7.03. The van der Waals surface area contributed by atoms with Gasteiger partial charge in [-0.15, -0.1) is 0 Å². The van der Waals surface area contributed by atoms with Gasteiger partial charge < -0.3 is 10.5 Å². The molecule has 0 bridgehead atoms. The fraction of sp³-hybridized carbons (Fsp3) is 0.875. The van der Waals surface area contributed by atoms with Crippen molar-refractivity contribution in [2.24, 2.45) is 5.73 Å². The van der Waals surface area contributed by atoms with Crippen molar-refractivity contribution in [3.8, 4) is 0 Å². The molecule has 0 aliphatic rings. The van der Waals surface area contributed by atoms with Crippen LogP contribution < -0.4 is 5.73 Å². The van der Waals surface area contributed by atoms with Gasteiger partial charge in [-0.1, -0.05) is 13.8 Å². The lowest BCUT2D eigenvalue weighted by atomic mass is 10.2. The summed E-state index contributed by atoms with van der Waals surface area (Å²) >= 11 is 0. The molecular weight excluding hydrogens is 126 g/mol. The first-order valence-electron chi connectivity index (χ1n) is 3.93. The Bertz CT molecular complexity index is 66.3. The van der Waals surface area contributed by atoms with Crippen LogP contribution in [-0.4, -0.2) is 19.3 Å². The van der Waals surface area contributed by atoms with Gasteiger partial charge in [0, 0.05) is 19.3 Å². The molecule has 0 aromatic carbocycles. The Hall–Kier alpha value is -0.0800. The van der Waals surface area contributed by atoms with Gasteiger partial charge in [-0.05, 0) is 19.3 Å². The molecule has 1 unspecified atom stereocenters. The van der Waals surface area contributed by atoms with Gasteiger partial charge in [0.15, 0.2) is 0 Å². The van der Waals surface area contributed by atoms with Crippen LogP contribution in [-0.2, 0) is 4.74 Å². The molecule has 2 N–H and O–H groups in total.